The van der Waals surface area contributed by atoms with Crippen molar-refractivity contribution in [3.63, 3.8) is 0 Å². The first kappa shape index (κ1) is 14.4. The Hall–Kier alpha value is -1.57. The fourth-order valence-corrected chi connectivity index (χ4v) is 1.19. The fourth-order valence-electron chi connectivity index (χ4n) is 1.19. The van der Waals surface area contributed by atoms with E-state index < -0.39 is 0 Å². The molecule has 1 aromatic carbocycles. The van der Waals surface area contributed by atoms with Crippen LogP contribution in [0.3, 0.4) is 0 Å². The van der Waals surface area contributed by atoms with E-state index in [2.05, 4.69) is 0 Å². The Morgan fingerprint density at radius 1 is 1.56 bits per heavy atom. The highest BCUT2D eigenvalue weighted by molar-refractivity contribution is 5.98. The molecule has 1 rings (SSSR count). The molecule has 0 bridgehead atoms. The molecule has 0 heterocycles. The number of rotatable bonds is 4. The highest BCUT2D eigenvalue weighted by atomic mass is 35.5. The van der Waals surface area contributed by atoms with Crippen molar-refractivity contribution in [1.29, 1.82) is 5.26 Å². The maximum absolute atomic E-state index is 11.3. The summed E-state index contributed by atoms with van der Waals surface area (Å²) in [7, 11) is 0. The van der Waals surface area contributed by atoms with Gasteiger partial charge in [-0.1, -0.05) is 0 Å². The van der Waals surface area contributed by atoms with Crippen LogP contribution in [0, 0.1) is 11.3 Å². The first-order valence-corrected chi connectivity index (χ1v) is 4.63. The molecule has 0 unspecified atom stereocenters. The van der Waals surface area contributed by atoms with Gasteiger partial charge in [0.15, 0.2) is 5.78 Å². The molecule has 5 heteroatoms. The van der Waals surface area contributed by atoms with Crippen molar-refractivity contribution in [1.82, 2.24) is 0 Å². The number of nitrogens with zero attached hydrogens (tertiary/aromatic N) is 1. The normalized spacial score (nSPS) is 8.81. The van der Waals surface area contributed by atoms with Crippen LogP contribution in [0.4, 0.5) is 0 Å². The number of Topliss-reactive ketones (excluding diaryl/α,β-unsaturated/α-hetero) is 1. The van der Waals surface area contributed by atoms with E-state index >= 15 is 0 Å². The molecule has 86 valence electrons. The van der Waals surface area contributed by atoms with Gasteiger partial charge >= 0.3 is 0 Å². The second kappa shape index (κ2) is 6.83. The molecular formula is C11H13ClN2O2. The van der Waals surface area contributed by atoms with E-state index in [0.29, 0.717) is 23.5 Å². The predicted octanol–water partition coefficient (Wildman–Crippen LogP) is 1.52. The Kier molecular flexibility index (Phi) is 6.16. The summed E-state index contributed by atoms with van der Waals surface area (Å²) in [5, 5.41) is 8.85. The van der Waals surface area contributed by atoms with Crippen LogP contribution in [-0.4, -0.2) is 18.9 Å². The van der Waals surface area contributed by atoms with Gasteiger partial charge in [-0.05, 0) is 25.1 Å². The molecular weight excluding hydrogens is 228 g/mol. The summed E-state index contributed by atoms with van der Waals surface area (Å²) in [5.41, 5.74) is 6.03. The van der Waals surface area contributed by atoms with Gasteiger partial charge in [0.1, 0.15) is 11.8 Å². The Bertz CT molecular complexity index is 413. The summed E-state index contributed by atoms with van der Waals surface area (Å²) in [6.45, 7) is 2.26. The van der Waals surface area contributed by atoms with Gasteiger partial charge in [-0.2, -0.15) is 5.26 Å². The molecule has 2 N–H and O–H groups in total. The van der Waals surface area contributed by atoms with Crippen LogP contribution < -0.4 is 10.5 Å². The molecule has 16 heavy (non-hydrogen) atoms. The topological polar surface area (TPSA) is 76.1 Å². The average molecular weight is 241 g/mol. The quantitative estimate of drug-likeness (QED) is 0.810. The summed E-state index contributed by atoms with van der Waals surface area (Å²) in [5.74, 6) is 0.308. The molecule has 0 saturated heterocycles. The number of carbonyl (C=O) groups is 1. The molecule has 0 atom stereocenters. The van der Waals surface area contributed by atoms with Crippen LogP contribution in [0.5, 0.6) is 5.75 Å². The van der Waals surface area contributed by atoms with E-state index in [-0.39, 0.29) is 24.7 Å². The molecule has 1 aromatic rings. The Labute approximate surface area is 100 Å². The van der Waals surface area contributed by atoms with Crippen molar-refractivity contribution >= 4 is 18.2 Å². The van der Waals surface area contributed by atoms with E-state index in [1.165, 1.54) is 6.07 Å². The van der Waals surface area contributed by atoms with E-state index in [0.717, 1.165) is 0 Å². The molecule has 0 radical (unpaired) electrons. The predicted molar refractivity (Wildman–Crippen MR) is 63.0 cm³/mol. The zero-order valence-electron chi connectivity index (χ0n) is 8.90. The zero-order chi connectivity index (χ0) is 11.3. The number of nitriles is 1. The third kappa shape index (κ3) is 3.23. The lowest BCUT2D eigenvalue weighted by Crippen LogP contribution is -2.13. The minimum Gasteiger partial charge on any atom is -0.492 e. The lowest BCUT2D eigenvalue weighted by atomic mass is 10.1. The van der Waals surface area contributed by atoms with Crippen molar-refractivity contribution in [2.24, 2.45) is 5.73 Å². The summed E-state index contributed by atoms with van der Waals surface area (Å²) in [6, 6.07) is 6.71. The largest absolute Gasteiger partial charge is 0.492 e. The molecule has 0 aliphatic rings. The van der Waals surface area contributed by atoms with Crippen molar-refractivity contribution in [2.45, 2.75) is 6.92 Å². The van der Waals surface area contributed by atoms with E-state index in [4.69, 9.17) is 15.7 Å². The maximum atomic E-state index is 11.3. The Morgan fingerprint density at radius 3 is 2.75 bits per heavy atom. The molecule has 0 spiro atoms. The monoisotopic (exact) mass is 240 g/mol. The molecule has 4 nitrogen and oxygen atoms in total. The van der Waals surface area contributed by atoms with Crippen molar-refractivity contribution in [3.8, 4) is 11.8 Å². The number of hydrogen-bond acceptors (Lipinski definition) is 4. The van der Waals surface area contributed by atoms with Crippen LogP contribution in [0.2, 0.25) is 0 Å². The number of hydrogen-bond donors (Lipinski definition) is 1. The van der Waals surface area contributed by atoms with Gasteiger partial charge in [-0.25, -0.2) is 0 Å². The SMILES string of the molecule is CCOc1ccc(C(=O)CN)cc1C#N.Cl. The van der Waals surface area contributed by atoms with Gasteiger partial charge < -0.3 is 10.5 Å². The Morgan fingerprint density at radius 2 is 2.25 bits per heavy atom. The maximum Gasteiger partial charge on any atom is 0.176 e. The van der Waals surface area contributed by atoms with Gasteiger partial charge in [0.2, 0.25) is 0 Å². The van der Waals surface area contributed by atoms with E-state index in [9.17, 15) is 4.79 Å². The second-order valence-corrected chi connectivity index (χ2v) is 2.88. The molecule has 0 amide bonds. The van der Waals surface area contributed by atoms with Gasteiger partial charge in [0.25, 0.3) is 0 Å². The van der Waals surface area contributed by atoms with Crippen LogP contribution >= 0.6 is 12.4 Å². The number of halogens is 1. The average Bonchev–Trinajstić information content (AvgIpc) is 2.29. The third-order valence-electron chi connectivity index (χ3n) is 1.91. The number of nitrogens with two attached hydrogens (primary N) is 1. The van der Waals surface area contributed by atoms with Crippen LogP contribution in [0.25, 0.3) is 0 Å². The second-order valence-electron chi connectivity index (χ2n) is 2.88. The molecule has 0 saturated carbocycles. The van der Waals surface area contributed by atoms with Crippen molar-refractivity contribution < 1.29 is 9.53 Å². The third-order valence-corrected chi connectivity index (χ3v) is 1.91. The summed E-state index contributed by atoms with van der Waals surface area (Å²) in [4.78, 5) is 11.3. The zero-order valence-corrected chi connectivity index (χ0v) is 9.71. The van der Waals surface area contributed by atoms with E-state index in [1.807, 2.05) is 13.0 Å². The van der Waals surface area contributed by atoms with E-state index in [1.54, 1.807) is 12.1 Å². The molecule has 0 aliphatic carbocycles. The van der Waals surface area contributed by atoms with Gasteiger partial charge in [0, 0.05) is 5.56 Å². The minimum absolute atomic E-state index is 0. The number of benzene rings is 1. The first-order chi connectivity index (χ1) is 7.22. The molecule has 0 aromatic heterocycles. The number of ether oxygens (including phenoxy) is 1. The van der Waals surface area contributed by atoms with Crippen LogP contribution in [0.1, 0.15) is 22.8 Å². The summed E-state index contributed by atoms with van der Waals surface area (Å²) in [6.07, 6.45) is 0. The lowest BCUT2D eigenvalue weighted by molar-refractivity contribution is 0.100. The van der Waals surface area contributed by atoms with Gasteiger partial charge in [-0.15, -0.1) is 12.4 Å². The first-order valence-electron chi connectivity index (χ1n) is 4.63. The standard InChI is InChI=1S/C11H12N2O2.ClH/c1-2-15-11-4-3-8(10(14)7-13)5-9(11)6-12;/h3-5H,2,7,13H2,1H3;1H. The molecule has 0 fully saturated rings. The summed E-state index contributed by atoms with van der Waals surface area (Å²) < 4.78 is 5.23. The smallest absolute Gasteiger partial charge is 0.176 e. The van der Waals surface area contributed by atoms with Gasteiger partial charge in [0.05, 0.1) is 18.7 Å². The minimum atomic E-state index is -0.186. The molecule has 0 aliphatic heterocycles. The van der Waals surface area contributed by atoms with Crippen LogP contribution in [0.15, 0.2) is 18.2 Å². The highest BCUT2D eigenvalue weighted by Crippen LogP contribution is 2.19. The van der Waals surface area contributed by atoms with Crippen molar-refractivity contribution in [3.05, 3.63) is 29.3 Å². The van der Waals surface area contributed by atoms with Crippen molar-refractivity contribution in [2.75, 3.05) is 13.2 Å². The lowest BCUT2D eigenvalue weighted by Gasteiger charge is -2.06. The number of ketones is 1. The fraction of sp³-hybridized carbons (Fsp3) is 0.273. The van der Waals surface area contributed by atoms with Crippen LogP contribution in [-0.2, 0) is 0 Å². The highest BCUT2D eigenvalue weighted by Gasteiger charge is 2.08. The van der Waals surface area contributed by atoms with Gasteiger partial charge in [-0.3, -0.25) is 4.79 Å². The number of carbonyl (C=O) groups excluding carboxylic acids is 1. The Balaban J connectivity index is 0.00000225. The summed E-state index contributed by atoms with van der Waals surface area (Å²) >= 11 is 0.